The fourth-order valence-corrected chi connectivity index (χ4v) is 1.08. The summed E-state index contributed by atoms with van der Waals surface area (Å²) >= 11 is 0. The predicted octanol–water partition coefficient (Wildman–Crippen LogP) is -0.584. The lowest BCUT2D eigenvalue weighted by Gasteiger charge is -2.21. The average Bonchev–Trinajstić information content (AvgIpc) is 2.03. The fourth-order valence-electron chi connectivity index (χ4n) is 1.08. The van der Waals surface area contributed by atoms with E-state index in [1.54, 1.807) is 0 Å². The quantitative estimate of drug-likeness (QED) is 0.411. The summed E-state index contributed by atoms with van der Waals surface area (Å²) < 4.78 is 0. The lowest BCUT2D eigenvalue weighted by molar-refractivity contribution is -0.137. The fraction of sp³-hybridized carbons (Fsp3) is 0.833. The zero-order valence-corrected chi connectivity index (χ0v) is 5.80. The Kier molecular flexibility index (Phi) is 3.18. The van der Waals surface area contributed by atoms with Gasteiger partial charge in [-0.2, -0.15) is 0 Å². The highest BCUT2D eigenvalue weighted by molar-refractivity contribution is 5.36. The van der Waals surface area contributed by atoms with Gasteiger partial charge in [0.2, 0.25) is 0 Å². The Bertz CT molecular complexity index is 102. The van der Waals surface area contributed by atoms with Crippen LogP contribution in [0.25, 0.3) is 0 Å². The Hall–Kier alpha value is -0.610. The van der Waals surface area contributed by atoms with E-state index in [4.69, 9.17) is 0 Å². The van der Waals surface area contributed by atoms with Crippen LogP contribution in [0.15, 0.2) is 0 Å². The summed E-state index contributed by atoms with van der Waals surface area (Å²) in [5, 5.41) is 3.19. The van der Waals surface area contributed by atoms with Gasteiger partial charge < -0.3 is 10.2 Å². The Labute approximate surface area is 59.9 Å². The number of hydroxylamine groups is 1. The molecule has 0 spiro atoms. The second kappa shape index (κ2) is 4.24. The average molecular weight is 144 g/mol. The summed E-state index contributed by atoms with van der Waals surface area (Å²) in [4.78, 5) is 14.1. The molecule has 58 valence electrons. The van der Waals surface area contributed by atoms with E-state index in [0.717, 1.165) is 25.9 Å². The number of hydrogen-bond donors (Lipinski definition) is 2. The molecular formula is C6H12N2O2. The van der Waals surface area contributed by atoms with Crippen molar-refractivity contribution in [3.8, 4) is 0 Å². The van der Waals surface area contributed by atoms with E-state index < -0.39 is 0 Å². The van der Waals surface area contributed by atoms with E-state index in [1.165, 1.54) is 0 Å². The van der Waals surface area contributed by atoms with Gasteiger partial charge in [-0.25, -0.2) is 0 Å². The largest absolute Gasteiger partial charge is 0.373 e. The lowest BCUT2D eigenvalue weighted by Crippen LogP contribution is -2.42. The Morgan fingerprint density at radius 3 is 3.20 bits per heavy atom. The highest BCUT2D eigenvalue weighted by Crippen LogP contribution is 1.99. The number of carbonyl (C=O) groups is 1. The molecule has 0 aliphatic carbocycles. The van der Waals surface area contributed by atoms with Crippen LogP contribution in [-0.4, -0.2) is 25.6 Å². The summed E-state index contributed by atoms with van der Waals surface area (Å²) in [7, 11) is 0. The minimum atomic E-state index is 0.291. The molecule has 4 heteroatoms. The van der Waals surface area contributed by atoms with Gasteiger partial charge in [0, 0.05) is 6.54 Å². The maximum Gasteiger partial charge on any atom is 0.312 e. The van der Waals surface area contributed by atoms with E-state index in [1.807, 2.05) is 0 Å². The zero-order valence-electron chi connectivity index (χ0n) is 5.80. The molecular weight excluding hydrogens is 132 g/mol. The third-order valence-corrected chi connectivity index (χ3v) is 1.58. The molecule has 1 fully saturated rings. The highest BCUT2D eigenvalue weighted by atomic mass is 16.7. The summed E-state index contributed by atoms with van der Waals surface area (Å²) in [5.74, 6) is 0. The molecule has 0 aromatic carbocycles. The van der Waals surface area contributed by atoms with Gasteiger partial charge in [-0.1, -0.05) is 0 Å². The first-order chi connectivity index (χ1) is 4.93. The molecule has 10 heavy (non-hydrogen) atoms. The van der Waals surface area contributed by atoms with Crippen molar-refractivity contribution < 1.29 is 9.63 Å². The normalized spacial score (nSPS) is 25.8. The topological polar surface area (TPSA) is 50.4 Å². The van der Waals surface area contributed by atoms with Crippen molar-refractivity contribution in [3.63, 3.8) is 0 Å². The van der Waals surface area contributed by atoms with Crippen LogP contribution in [0.1, 0.15) is 12.8 Å². The second-order valence-corrected chi connectivity index (χ2v) is 2.38. The highest BCUT2D eigenvalue weighted by Gasteiger charge is 2.11. The van der Waals surface area contributed by atoms with Crippen LogP contribution in [-0.2, 0) is 9.63 Å². The standard InChI is InChI=1S/C6H12N2O2/c9-5-10-8-6-2-1-3-7-4-6/h5-8H,1-4H2/t6-/m0/s1. The predicted molar refractivity (Wildman–Crippen MR) is 36.2 cm³/mol. The molecule has 1 saturated heterocycles. The summed E-state index contributed by atoms with van der Waals surface area (Å²) in [6.07, 6.45) is 2.21. The molecule has 0 saturated carbocycles. The van der Waals surface area contributed by atoms with Crippen LogP contribution in [0.2, 0.25) is 0 Å². The van der Waals surface area contributed by atoms with Gasteiger partial charge in [0.25, 0.3) is 0 Å². The van der Waals surface area contributed by atoms with E-state index in [9.17, 15) is 4.79 Å². The number of nitrogens with one attached hydrogen (secondary N) is 2. The third kappa shape index (κ3) is 2.33. The second-order valence-electron chi connectivity index (χ2n) is 2.38. The van der Waals surface area contributed by atoms with Gasteiger partial charge in [0.05, 0.1) is 6.04 Å². The molecule has 1 heterocycles. The molecule has 1 aliphatic rings. The molecule has 0 aromatic rings. The minimum Gasteiger partial charge on any atom is -0.373 e. The van der Waals surface area contributed by atoms with Gasteiger partial charge >= 0.3 is 6.47 Å². The first kappa shape index (κ1) is 7.50. The van der Waals surface area contributed by atoms with Gasteiger partial charge in [-0.05, 0) is 19.4 Å². The SMILES string of the molecule is O=CON[C@H]1CCCNC1. The Morgan fingerprint density at radius 1 is 1.70 bits per heavy atom. The first-order valence-electron chi connectivity index (χ1n) is 3.49. The Balaban J connectivity index is 2.07. The molecule has 1 atom stereocenters. The van der Waals surface area contributed by atoms with Gasteiger partial charge in [-0.3, -0.25) is 4.79 Å². The number of carbonyl (C=O) groups excluding carboxylic acids is 1. The number of rotatable bonds is 3. The van der Waals surface area contributed by atoms with Crippen molar-refractivity contribution in [2.45, 2.75) is 18.9 Å². The van der Waals surface area contributed by atoms with Crippen LogP contribution in [0.5, 0.6) is 0 Å². The first-order valence-corrected chi connectivity index (χ1v) is 3.49. The molecule has 1 aliphatic heterocycles. The van der Waals surface area contributed by atoms with Crippen molar-refractivity contribution in [1.29, 1.82) is 0 Å². The minimum absolute atomic E-state index is 0.291. The summed E-state index contributed by atoms with van der Waals surface area (Å²) in [6.45, 7) is 2.36. The van der Waals surface area contributed by atoms with Crippen LogP contribution in [0, 0.1) is 0 Å². The van der Waals surface area contributed by atoms with Gasteiger partial charge in [0.1, 0.15) is 0 Å². The molecule has 4 nitrogen and oxygen atoms in total. The smallest absolute Gasteiger partial charge is 0.312 e. The Morgan fingerprint density at radius 2 is 2.60 bits per heavy atom. The third-order valence-electron chi connectivity index (χ3n) is 1.58. The maximum absolute atomic E-state index is 9.74. The van der Waals surface area contributed by atoms with Gasteiger partial charge in [0.15, 0.2) is 0 Å². The van der Waals surface area contributed by atoms with Crippen molar-refractivity contribution in [2.75, 3.05) is 13.1 Å². The van der Waals surface area contributed by atoms with Crippen LogP contribution < -0.4 is 10.8 Å². The molecule has 2 N–H and O–H groups in total. The number of piperidine rings is 1. The van der Waals surface area contributed by atoms with Crippen molar-refractivity contribution in [2.24, 2.45) is 0 Å². The van der Waals surface area contributed by atoms with Crippen molar-refractivity contribution in [1.82, 2.24) is 10.8 Å². The van der Waals surface area contributed by atoms with Crippen molar-refractivity contribution in [3.05, 3.63) is 0 Å². The van der Waals surface area contributed by atoms with E-state index >= 15 is 0 Å². The van der Waals surface area contributed by atoms with Crippen molar-refractivity contribution >= 4 is 6.47 Å². The van der Waals surface area contributed by atoms with E-state index in [2.05, 4.69) is 15.6 Å². The molecule has 0 bridgehead atoms. The van der Waals surface area contributed by atoms with Crippen LogP contribution in [0.3, 0.4) is 0 Å². The zero-order chi connectivity index (χ0) is 7.23. The maximum atomic E-state index is 9.74. The van der Waals surface area contributed by atoms with E-state index in [-0.39, 0.29) is 0 Å². The van der Waals surface area contributed by atoms with E-state index in [0.29, 0.717) is 12.5 Å². The van der Waals surface area contributed by atoms with Crippen LogP contribution in [0.4, 0.5) is 0 Å². The molecule has 0 unspecified atom stereocenters. The van der Waals surface area contributed by atoms with Crippen LogP contribution >= 0.6 is 0 Å². The number of hydrogen-bond acceptors (Lipinski definition) is 4. The molecule has 0 amide bonds. The molecule has 0 aromatic heterocycles. The monoisotopic (exact) mass is 144 g/mol. The molecule has 1 rings (SSSR count). The lowest BCUT2D eigenvalue weighted by atomic mass is 10.1. The summed E-state index contributed by atoms with van der Waals surface area (Å²) in [6, 6.07) is 0.291. The summed E-state index contributed by atoms with van der Waals surface area (Å²) in [5.41, 5.74) is 2.64. The van der Waals surface area contributed by atoms with Gasteiger partial charge in [-0.15, -0.1) is 5.48 Å². The molecule has 0 radical (unpaired) electrons.